The summed E-state index contributed by atoms with van der Waals surface area (Å²) in [6, 6.07) is 4.02. The Labute approximate surface area is 144 Å². The lowest BCUT2D eigenvalue weighted by molar-refractivity contribution is -0.152. The summed E-state index contributed by atoms with van der Waals surface area (Å²) in [5.74, 6) is -1.59. The van der Waals surface area contributed by atoms with Gasteiger partial charge in [-0.3, -0.25) is 14.5 Å². The van der Waals surface area contributed by atoms with E-state index in [4.69, 9.17) is 9.47 Å². The van der Waals surface area contributed by atoms with Gasteiger partial charge in [0.2, 0.25) is 0 Å². The van der Waals surface area contributed by atoms with E-state index in [1.54, 1.807) is 4.90 Å². The number of rotatable bonds is 4. The fraction of sp³-hybridized carbons (Fsp3) is 0.529. The Balaban J connectivity index is 1.68. The summed E-state index contributed by atoms with van der Waals surface area (Å²) in [4.78, 5) is 27.9. The molecular formula is C17H21FN2O5. The molecule has 136 valence electrons. The molecule has 1 amide bonds. The molecule has 8 heteroatoms. The standard InChI is InChI=1S/C17H21FN2O5/c1-24-14-10-12(2-3-13(14)18)15(21)19-5-7-20(8-6-19)17(16(22)23)4-9-25-11-17/h2-3,10H,4-9,11H2,1H3,(H,22,23). The lowest BCUT2D eigenvalue weighted by Crippen LogP contribution is -2.61. The fourth-order valence-corrected chi connectivity index (χ4v) is 3.42. The van der Waals surface area contributed by atoms with Crippen molar-refractivity contribution in [3.63, 3.8) is 0 Å². The minimum atomic E-state index is -0.992. The Morgan fingerprint density at radius 2 is 2.00 bits per heavy atom. The van der Waals surface area contributed by atoms with Gasteiger partial charge in [0.25, 0.3) is 5.91 Å². The third-order valence-corrected chi connectivity index (χ3v) is 4.97. The van der Waals surface area contributed by atoms with Crippen molar-refractivity contribution < 1.29 is 28.6 Å². The second kappa shape index (κ2) is 6.97. The molecule has 0 spiro atoms. The Morgan fingerprint density at radius 1 is 1.28 bits per heavy atom. The molecule has 0 aliphatic carbocycles. The first-order valence-electron chi connectivity index (χ1n) is 8.17. The molecule has 1 aromatic rings. The number of ether oxygens (including phenoxy) is 2. The highest BCUT2D eigenvalue weighted by molar-refractivity contribution is 5.94. The van der Waals surface area contributed by atoms with Crippen molar-refractivity contribution in [3.05, 3.63) is 29.6 Å². The van der Waals surface area contributed by atoms with E-state index in [9.17, 15) is 19.1 Å². The first kappa shape index (κ1) is 17.6. The lowest BCUT2D eigenvalue weighted by atomic mass is 9.95. The molecule has 0 aromatic heterocycles. The highest BCUT2D eigenvalue weighted by Gasteiger charge is 2.48. The van der Waals surface area contributed by atoms with E-state index >= 15 is 0 Å². The number of halogens is 1. The molecular weight excluding hydrogens is 331 g/mol. The third-order valence-electron chi connectivity index (χ3n) is 4.97. The highest BCUT2D eigenvalue weighted by Crippen LogP contribution is 2.28. The quantitative estimate of drug-likeness (QED) is 0.865. The summed E-state index contributed by atoms with van der Waals surface area (Å²) < 4.78 is 23.7. The Morgan fingerprint density at radius 3 is 2.56 bits per heavy atom. The van der Waals surface area contributed by atoms with Gasteiger partial charge in [-0.1, -0.05) is 0 Å². The predicted molar refractivity (Wildman–Crippen MR) is 86.2 cm³/mol. The first-order chi connectivity index (χ1) is 12.0. The molecule has 1 N–H and O–H groups in total. The number of piperazine rings is 1. The maximum absolute atomic E-state index is 13.5. The predicted octanol–water partition coefficient (Wildman–Crippen LogP) is 0.836. The van der Waals surface area contributed by atoms with E-state index in [1.165, 1.54) is 25.3 Å². The van der Waals surface area contributed by atoms with Crippen LogP contribution in [0.2, 0.25) is 0 Å². The van der Waals surface area contributed by atoms with Gasteiger partial charge in [0.1, 0.15) is 5.54 Å². The number of carbonyl (C=O) groups excluding carboxylic acids is 1. The number of benzene rings is 1. The summed E-state index contributed by atoms with van der Waals surface area (Å²) in [6.07, 6.45) is 0.450. The van der Waals surface area contributed by atoms with Crippen molar-refractivity contribution in [1.29, 1.82) is 0 Å². The van der Waals surface area contributed by atoms with Crippen molar-refractivity contribution in [2.75, 3.05) is 46.5 Å². The molecule has 2 fully saturated rings. The molecule has 2 aliphatic rings. The van der Waals surface area contributed by atoms with E-state index in [1.807, 2.05) is 4.90 Å². The SMILES string of the molecule is COc1cc(C(=O)N2CCN(C3(C(=O)O)CCOC3)CC2)ccc1F. The van der Waals surface area contributed by atoms with Crippen molar-refractivity contribution in [2.45, 2.75) is 12.0 Å². The first-order valence-corrected chi connectivity index (χ1v) is 8.17. The fourth-order valence-electron chi connectivity index (χ4n) is 3.42. The summed E-state index contributed by atoms with van der Waals surface area (Å²) in [7, 11) is 1.35. The average molecular weight is 352 g/mol. The van der Waals surface area contributed by atoms with Crippen LogP contribution in [0.1, 0.15) is 16.8 Å². The van der Waals surface area contributed by atoms with Crippen molar-refractivity contribution in [1.82, 2.24) is 9.80 Å². The largest absolute Gasteiger partial charge is 0.494 e. The Kier molecular flexibility index (Phi) is 4.91. The molecule has 2 heterocycles. The molecule has 1 atom stereocenters. The van der Waals surface area contributed by atoms with Crippen LogP contribution in [-0.4, -0.2) is 78.8 Å². The summed E-state index contributed by atoms with van der Waals surface area (Å²) >= 11 is 0. The van der Waals surface area contributed by atoms with Crippen LogP contribution in [0.4, 0.5) is 4.39 Å². The molecule has 1 aromatic carbocycles. The minimum Gasteiger partial charge on any atom is -0.494 e. The smallest absolute Gasteiger partial charge is 0.326 e. The third kappa shape index (κ3) is 3.19. The van der Waals surface area contributed by atoms with Crippen LogP contribution in [0.15, 0.2) is 18.2 Å². The number of methoxy groups -OCH3 is 1. The molecule has 0 saturated carbocycles. The monoisotopic (exact) mass is 352 g/mol. The van der Waals surface area contributed by atoms with Gasteiger partial charge in [-0.25, -0.2) is 4.39 Å². The van der Waals surface area contributed by atoms with Crippen LogP contribution >= 0.6 is 0 Å². The second-order valence-corrected chi connectivity index (χ2v) is 6.27. The summed E-state index contributed by atoms with van der Waals surface area (Å²) in [6.45, 7) is 2.34. The molecule has 7 nitrogen and oxygen atoms in total. The maximum Gasteiger partial charge on any atom is 0.326 e. The van der Waals surface area contributed by atoms with Crippen molar-refractivity contribution in [3.8, 4) is 5.75 Å². The number of carboxylic acids is 1. The number of aliphatic carboxylic acids is 1. The minimum absolute atomic E-state index is 0.0254. The van der Waals surface area contributed by atoms with E-state index in [2.05, 4.69) is 0 Å². The van der Waals surface area contributed by atoms with Crippen LogP contribution in [0.3, 0.4) is 0 Å². The van der Waals surface area contributed by atoms with Crippen LogP contribution in [0.5, 0.6) is 5.75 Å². The molecule has 0 bridgehead atoms. The lowest BCUT2D eigenvalue weighted by Gasteiger charge is -2.42. The van der Waals surface area contributed by atoms with Gasteiger partial charge in [0.15, 0.2) is 11.6 Å². The zero-order chi connectivity index (χ0) is 18.0. The number of hydrogen-bond donors (Lipinski definition) is 1. The zero-order valence-corrected chi connectivity index (χ0v) is 14.0. The number of carboxylic acid groups (broad SMARTS) is 1. The highest BCUT2D eigenvalue weighted by atomic mass is 19.1. The van der Waals surface area contributed by atoms with Gasteiger partial charge >= 0.3 is 5.97 Å². The number of hydrogen-bond acceptors (Lipinski definition) is 5. The summed E-state index contributed by atoms with van der Waals surface area (Å²) in [5.41, 5.74) is -0.641. The number of amides is 1. The van der Waals surface area contributed by atoms with E-state index < -0.39 is 17.3 Å². The van der Waals surface area contributed by atoms with Gasteiger partial charge in [0, 0.05) is 44.8 Å². The normalized spacial score (nSPS) is 24.3. The second-order valence-electron chi connectivity index (χ2n) is 6.27. The van der Waals surface area contributed by atoms with E-state index in [0.717, 1.165) is 0 Å². The number of carbonyl (C=O) groups is 2. The topological polar surface area (TPSA) is 79.3 Å². The van der Waals surface area contributed by atoms with Gasteiger partial charge in [-0.05, 0) is 18.2 Å². The average Bonchev–Trinajstić information content (AvgIpc) is 3.13. The number of nitrogens with zero attached hydrogens (tertiary/aromatic N) is 2. The Bertz CT molecular complexity index is 667. The maximum atomic E-state index is 13.5. The molecule has 1 unspecified atom stereocenters. The van der Waals surface area contributed by atoms with Gasteiger partial charge in [-0.2, -0.15) is 0 Å². The van der Waals surface area contributed by atoms with E-state index in [0.29, 0.717) is 44.8 Å². The molecule has 3 rings (SSSR count). The van der Waals surface area contributed by atoms with Crippen molar-refractivity contribution >= 4 is 11.9 Å². The molecule has 2 aliphatic heterocycles. The molecule has 0 radical (unpaired) electrons. The van der Waals surface area contributed by atoms with Crippen molar-refractivity contribution in [2.24, 2.45) is 0 Å². The van der Waals surface area contributed by atoms with Crippen LogP contribution in [0.25, 0.3) is 0 Å². The van der Waals surface area contributed by atoms with Gasteiger partial charge < -0.3 is 19.5 Å². The zero-order valence-electron chi connectivity index (χ0n) is 14.0. The Hall–Kier alpha value is -2.19. The van der Waals surface area contributed by atoms with Gasteiger partial charge in [-0.15, -0.1) is 0 Å². The van der Waals surface area contributed by atoms with Crippen LogP contribution < -0.4 is 4.74 Å². The summed E-state index contributed by atoms with van der Waals surface area (Å²) in [5, 5.41) is 9.60. The van der Waals surface area contributed by atoms with E-state index in [-0.39, 0.29) is 18.3 Å². The molecule has 25 heavy (non-hydrogen) atoms. The molecule has 2 saturated heterocycles. The van der Waals surface area contributed by atoms with Crippen LogP contribution in [0, 0.1) is 5.82 Å². The van der Waals surface area contributed by atoms with Gasteiger partial charge in [0.05, 0.1) is 13.7 Å². The van der Waals surface area contributed by atoms with Crippen LogP contribution in [-0.2, 0) is 9.53 Å².